The van der Waals surface area contributed by atoms with Crippen molar-refractivity contribution in [1.29, 1.82) is 0 Å². The Morgan fingerprint density at radius 1 is 0.818 bits per heavy atom. The molecular weight excluding hydrogens is 474 g/mol. The zero-order chi connectivity index (χ0) is 25.7. The summed E-state index contributed by atoms with van der Waals surface area (Å²) in [6, 6.07) is 3.42. The highest BCUT2D eigenvalue weighted by molar-refractivity contribution is 5.90. The number of nitro benzene ring substituents is 2. The van der Waals surface area contributed by atoms with Crippen LogP contribution in [0.2, 0.25) is 0 Å². The fourth-order valence-electron chi connectivity index (χ4n) is 2.22. The van der Waals surface area contributed by atoms with Gasteiger partial charge in [0.1, 0.15) is 11.1 Å². The molecule has 2 rings (SSSR count). The Balaban J connectivity index is 0.000000331. The van der Waals surface area contributed by atoms with Gasteiger partial charge in [-0.25, -0.2) is 9.59 Å². The molecule has 33 heavy (non-hydrogen) atoms. The van der Waals surface area contributed by atoms with Gasteiger partial charge in [0.15, 0.2) is 0 Å². The summed E-state index contributed by atoms with van der Waals surface area (Å²) >= 11 is 0. The molecule has 0 heterocycles. The molecule has 0 aliphatic heterocycles. The minimum absolute atomic E-state index is 0.237. The van der Waals surface area contributed by atoms with Crippen LogP contribution in [-0.4, -0.2) is 34.0 Å². The number of methoxy groups -OCH3 is 1. The Labute approximate surface area is 178 Å². The highest BCUT2D eigenvalue weighted by atomic mass is 19.4. The van der Waals surface area contributed by atoms with Crippen LogP contribution >= 0.6 is 0 Å². The van der Waals surface area contributed by atoms with E-state index in [1.54, 1.807) is 0 Å². The summed E-state index contributed by atoms with van der Waals surface area (Å²) in [7, 11) is 0.997. The summed E-state index contributed by atoms with van der Waals surface area (Å²) in [6.45, 7) is 0. The molecule has 1 N–H and O–H groups in total. The van der Waals surface area contributed by atoms with Crippen molar-refractivity contribution in [3.05, 3.63) is 78.9 Å². The van der Waals surface area contributed by atoms with Gasteiger partial charge in [0, 0.05) is 12.1 Å². The Morgan fingerprint density at radius 3 is 1.48 bits per heavy atom. The molecule has 0 aromatic heterocycles. The SMILES string of the molecule is COC(=O)c1ccc([N+](=O)[O-])c(C(F)(F)F)c1.O=C(O)c1ccc([N+](=O)[O-])c(C(F)(F)F)c1. The molecule has 0 saturated heterocycles. The summed E-state index contributed by atoms with van der Waals surface area (Å²) in [5.74, 6) is -2.58. The summed E-state index contributed by atoms with van der Waals surface area (Å²) in [4.78, 5) is 39.8. The maximum Gasteiger partial charge on any atom is 0.423 e. The van der Waals surface area contributed by atoms with E-state index in [0.717, 1.165) is 19.2 Å². The minimum atomic E-state index is -4.96. The zero-order valence-corrected chi connectivity index (χ0v) is 15.9. The highest BCUT2D eigenvalue weighted by Gasteiger charge is 2.39. The molecule has 0 unspecified atom stereocenters. The number of carbonyl (C=O) groups excluding carboxylic acids is 1. The maximum atomic E-state index is 12.5. The number of carbonyl (C=O) groups is 2. The van der Waals surface area contributed by atoms with E-state index >= 15 is 0 Å². The van der Waals surface area contributed by atoms with E-state index in [1.165, 1.54) is 0 Å². The molecule has 0 atom stereocenters. The van der Waals surface area contributed by atoms with E-state index in [2.05, 4.69) is 4.74 Å². The third-order valence-corrected chi connectivity index (χ3v) is 3.67. The average molecular weight is 484 g/mol. The lowest BCUT2D eigenvalue weighted by atomic mass is 10.1. The summed E-state index contributed by atoms with van der Waals surface area (Å²) in [6.07, 6.45) is -9.87. The minimum Gasteiger partial charge on any atom is -0.478 e. The van der Waals surface area contributed by atoms with Gasteiger partial charge >= 0.3 is 24.3 Å². The predicted octanol–water partition coefficient (Wildman–Crippen LogP) is 4.71. The van der Waals surface area contributed by atoms with Gasteiger partial charge in [0.05, 0.1) is 28.1 Å². The van der Waals surface area contributed by atoms with Gasteiger partial charge in [-0.05, 0) is 24.3 Å². The second-order valence-corrected chi connectivity index (χ2v) is 5.77. The normalized spacial score (nSPS) is 11.1. The van der Waals surface area contributed by atoms with Crippen LogP contribution in [0.3, 0.4) is 0 Å². The number of hydrogen-bond acceptors (Lipinski definition) is 7. The van der Waals surface area contributed by atoms with Crippen molar-refractivity contribution in [3.8, 4) is 0 Å². The van der Waals surface area contributed by atoms with Crippen LogP contribution in [0.4, 0.5) is 37.7 Å². The third-order valence-electron chi connectivity index (χ3n) is 3.67. The molecular formula is C17H10F6N2O8. The molecule has 10 nitrogen and oxygen atoms in total. The molecule has 0 bridgehead atoms. The molecule has 0 aliphatic rings. The number of nitrogens with zero attached hydrogens (tertiary/aromatic N) is 2. The molecule has 2 aromatic carbocycles. The number of carboxylic acids is 1. The van der Waals surface area contributed by atoms with E-state index in [1.807, 2.05) is 0 Å². The van der Waals surface area contributed by atoms with Gasteiger partial charge in [-0.1, -0.05) is 0 Å². The Bertz CT molecular complexity index is 1100. The predicted molar refractivity (Wildman–Crippen MR) is 94.5 cm³/mol. The van der Waals surface area contributed by atoms with Crippen LogP contribution in [0.5, 0.6) is 0 Å². The number of esters is 1. The number of halogens is 6. The summed E-state index contributed by atoms with van der Waals surface area (Å²) in [5, 5.41) is 29.2. The number of benzene rings is 2. The lowest BCUT2D eigenvalue weighted by Gasteiger charge is -2.08. The number of aromatic carboxylic acids is 1. The van der Waals surface area contributed by atoms with E-state index in [-0.39, 0.29) is 6.07 Å². The molecule has 0 radical (unpaired) electrons. The Morgan fingerprint density at radius 2 is 1.18 bits per heavy atom. The average Bonchev–Trinajstić information content (AvgIpc) is 2.71. The molecule has 16 heteroatoms. The standard InChI is InChI=1S/C9H6F3NO4.C8H4F3NO4/c1-17-8(14)5-2-3-7(13(15)16)6(4-5)9(10,11)12;9-8(10,11)5-3-4(7(13)14)1-2-6(5)12(15)16/h2-4H,1H3;1-3H,(H,13,14). The van der Waals surface area contributed by atoms with E-state index in [9.17, 15) is 56.2 Å². The molecule has 0 spiro atoms. The second-order valence-electron chi connectivity index (χ2n) is 5.77. The first-order chi connectivity index (χ1) is 15.0. The number of carboxylic acid groups (broad SMARTS) is 1. The van der Waals surface area contributed by atoms with E-state index in [4.69, 9.17) is 5.11 Å². The van der Waals surface area contributed by atoms with Crippen molar-refractivity contribution < 1.29 is 55.6 Å². The van der Waals surface area contributed by atoms with Gasteiger partial charge in [0.25, 0.3) is 11.4 Å². The zero-order valence-electron chi connectivity index (χ0n) is 15.9. The topological polar surface area (TPSA) is 150 Å². The molecule has 0 amide bonds. The smallest absolute Gasteiger partial charge is 0.423 e. The third kappa shape index (κ3) is 6.88. The van der Waals surface area contributed by atoms with Crippen LogP contribution in [0.1, 0.15) is 31.8 Å². The fraction of sp³-hybridized carbons (Fsp3) is 0.176. The molecule has 2 aromatic rings. The van der Waals surface area contributed by atoms with Crippen molar-refractivity contribution in [2.24, 2.45) is 0 Å². The molecule has 0 fully saturated rings. The van der Waals surface area contributed by atoms with E-state index < -0.39 is 67.8 Å². The van der Waals surface area contributed by atoms with Gasteiger partial charge < -0.3 is 9.84 Å². The molecule has 0 saturated carbocycles. The van der Waals surface area contributed by atoms with Crippen molar-refractivity contribution in [2.75, 3.05) is 7.11 Å². The van der Waals surface area contributed by atoms with Crippen LogP contribution in [0.25, 0.3) is 0 Å². The number of ether oxygens (including phenoxy) is 1. The first-order valence-corrected chi connectivity index (χ1v) is 8.03. The molecule has 178 valence electrons. The van der Waals surface area contributed by atoms with Crippen molar-refractivity contribution in [1.82, 2.24) is 0 Å². The first-order valence-electron chi connectivity index (χ1n) is 8.03. The van der Waals surface area contributed by atoms with Crippen LogP contribution in [-0.2, 0) is 17.1 Å². The molecule has 0 aliphatic carbocycles. The van der Waals surface area contributed by atoms with Gasteiger partial charge in [-0.15, -0.1) is 0 Å². The number of alkyl halides is 6. The summed E-state index contributed by atoms with van der Waals surface area (Å²) < 4.78 is 78.8. The van der Waals surface area contributed by atoms with Gasteiger partial charge in [-0.2, -0.15) is 26.3 Å². The van der Waals surface area contributed by atoms with E-state index in [0.29, 0.717) is 18.2 Å². The summed E-state index contributed by atoms with van der Waals surface area (Å²) in [5.41, 5.74) is -6.38. The lowest BCUT2D eigenvalue weighted by Crippen LogP contribution is -2.11. The second kappa shape index (κ2) is 9.92. The van der Waals surface area contributed by atoms with Crippen LogP contribution in [0.15, 0.2) is 36.4 Å². The number of rotatable bonds is 4. The van der Waals surface area contributed by atoms with Crippen molar-refractivity contribution in [3.63, 3.8) is 0 Å². The van der Waals surface area contributed by atoms with Crippen LogP contribution in [0, 0.1) is 20.2 Å². The highest BCUT2D eigenvalue weighted by Crippen LogP contribution is 2.37. The quantitative estimate of drug-likeness (QED) is 0.284. The lowest BCUT2D eigenvalue weighted by molar-refractivity contribution is -0.388. The monoisotopic (exact) mass is 484 g/mol. The Hall–Kier alpha value is -4.24. The van der Waals surface area contributed by atoms with Crippen molar-refractivity contribution in [2.45, 2.75) is 12.4 Å². The number of hydrogen-bond donors (Lipinski definition) is 1. The fourth-order valence-corrected chi connectivity index (χ4v) is 2.22. The first kappa shape index (κ1) is 26.8. The van der Waals surface area contributed by atoms with Gasteiger partial charge in [-0.3, -0.25) is 20.2 Å². The van der Waals surface area contributed by atoms with Crippen LogP contribution < -0.4 is 0 Å². The largest absolute Gasteiger partial charge is 0.478 e. The number of nitro groups is 2. The van der Waals surface area contributed by atoms with Gasteiger partial charge in [0.2, 0.25) is 0 Å². The van der Waals surface area contributed by atoms with Crippen molar-refractivity contribution >= 4 is 23.3 Å². The Kier molecular flexibility index (Phi) is 8.06. The maximum absolute atomic E-state index is 12.5.